The summed E-state index contributed by atoms with van der Waals surface area (Å²) in [6.45, 7) is 7.15. The highest BCUT2D eigenvalue weighted by Crippen LogP contribution is 2.20. The summed E-state index contributed by atoms with van der Waals surface area (Å²) in [5, 5.41) is 5.09. The summed E-state index contributed by atoms with van der Waals surface area (Å²) in [7, 11) is 3.97. The first-order valence-corrected chi connectivity index (χ1v) is 8.16. The van der Waals surface area contributed by atoms with Gasteiger partial charge in [-0.1, -0.05) is 18.6 Å². The van der Waals surface area contributed by atoms with Gasteiger partial charge in [-0.15, -0.1) is 12.4 Å². The summed E-state index contributed by atoms with van der Waals surface area (Å²) in [6, 6.07) is 6.11. The second kappa shape index (κ2) is 7.36. The summed E-state index contributed by atoms with van der Waals surface area (Å²) in [6.07, 6.45) is 2.85. The molecule has 0 unspecified atom stereocenters. The third-order valence-electron chi connectivity index (χ3n) is 4.57. The van der Waals surface area contributed by atoms with Gasteiger partial charge < -0.3 is 9.47 Å². The number of aryl methyl sites for hydroxylation is 3. The average Bonchev–Trinajstić information content (AvgIpc) is 2.92. The van der Waals surface area contributed by atoms with E-state index in [1.807, 2.05) is 20.0 Å². The van der Waals surface area contributed by atoms with Gasteiger partial charge >= 0.3 is 0 Å². The molecule has 24 heavy (non-hydrogen) atoms. The molecule has 0 radical (unpaired) electrons. The maximum atomic E-state index is 12.8. The van der Waals surface area contributed by atoms with E-state index in [2.05, 4.69) is 40.7 Å². The van der Waals surface area contributed by atoms with Crippen LogP contribution in [0.25, 0.3) is 21.9 Å². The van der Waals surface area contributed by atoms with Gasteiger partial charge in [-0.2, -0.15) is 5.10 Å². The molecule has 0 amide bonds. The lowest BCUT2D eigenvalue weighted by Gasteiger charge is -2.17. The number of benzene rings is 1. The molecule has 3 rings (SSSR count). The van der Waals surface area contributed by atoms with Crippen LogP contribution in [0, 0.1) is 6.92 Å². The molecule has 0 saturated carbocycles. The van der Waals surface area contributed by atoms with E-state index in [4.69, 9.17) is 0 Å². The maximum Gasteiger partial charge on any atom is 0.215 e. The first kappa shape index (κ1) is 18.5. The Kier molecular flexibility index (Phi) is 5.67. The van der Waals surface area contributed by atoms with Gasteiger partial charge in [0.05, 0.1) is 17.2 Å². The fourth-order valence-electron chi connectivity index (χ4n) is 3.11. The molecular formula is C18H25ClN4O. The summed E-state index contributed by atoms with van der Waals surface area (Å²) >= 11 is 0. The van der Waals surface area contributed by atoms with Crippen molar-refractivity contribution in [2.24, 2.45) is 7.05 Å². The molecule has 2 aromatic heterocycles. The second-order valence-electron chi connectivity index (χ2n) is 6.25. The lowest BCUT2D eigenvalue weighted by molar-refractivity contribution is 0.340. The Labute approximate surface area is 148 Å². The number of hydrogen-bond acceptors (Lipinski definition) is 3. The standard InChI is InChI=1S/C18H24N4O.ClH/c1-5-20(3)9-6-10-22-15-8-7-13(2)11-14(15)18(23)17-16(22)12-19-21(17)4;/h7-8,11-12H,5-6,9-10H2,1-4H3;1H. The van der Waals surface area contributed by atoms with E-state index in [0.717, 1.165) is 48.0 Å². The van der Waals surface area contributed by atoms with Crippen LogP contribution in [0.2, 0.25) is 0 Å². The summed E-state index contributed by atoms with van der Waals surface area (Å²) in [5.41, 5.74) is 3.79. The highest BCUT2D eigenvalue weighted by Gasteiger charge is 2.14. The van der Waals surface area contributed by atoms with Crippen LogP contribution >= 0.6 is 12.4 Å². The number of fused-ring (bicyclic) bond motifs is 2. The molecule has 1 aromatic carbocycles. The van der Waals surface area contributed by atoms with Crippen LogP contribution in [-0.2, 0) is 13.6 Å². The number of rotatable bonds is 5. The van der Waals surface area contributed by atoms with Gasteiger partial charge in [0.1, 0.15) is 5.52 Å². The molecule has 6 heteroatoms. The van der Waals surface area contributed by atoms with Gasteiger partial charge in [0, 0.05) is 19.0 Å². The van der Waals surface area contributed by atoms with Crippen LogP contribution in [0.1, 0.15) is 18.9 Å². The lowest BCUT2D eigenvalue weighted by atomic mass is 10.1. The molecule has 0 aliphatic rings. The van der Waals surface area contributed by atoms with E-state index in [9.17, 15) is 4.79 Å². The molecule has 3 aromatic rings. The molecule has 0 aliphatic carbocycles. The molecular weight excluding hydrogens is 324 g/mol. The van der Waals surface area contributed by atoms with Crippen molar-refractivity contribution in [3.8, 4) is 0 Å². The average molecular weight is 349 g/mol. The quantitative estimate of drug-likeness (QED) is 0.712. The van der Waals surface area contributed by atoms with Gasteiger partial charge in [-0.05, 0) is 45.6 Å². The summed E-state index contributed by atoms with van der Waals surface area (Å²) < 4.78 is 3.93. The molecule has 0 atom stereocenters. The molecule has 130 valence electrons. The van der Waals surface area contributed by atoms with Crippen molar-refractivity contribution in [3.05, 3.63) is 40.2 Å². The number of nitrogens with zero attached hydrogens (tertiary/aromatic N) is 4. The van der Waals surface area contributed by atoms with Crippen LogP contribution in [-0.4, -0.2) is 39.4 Å². The van der Waals surface area contributed by atoms with Crippen molar-refractivity contribution in [2.75, 3.05) is 20.1 Å². The van der Waals surface area contributed by atoms with E-state index in [0.29, 0.717) is 5.52 Å². The van der Waals surface area contributed by atoms with Crippen molar-refractivity contribution in [3.63, 3.8) is 0 Å². The Morgan fingerprint density at radius 1 is 1.25 bits per heavy atom. The summed E-state index contributed by atoms with van der Waals surface area (Å²) in [5.74, 6) is 0. The van der Waals surface area contributed by atoms with Crippen LogP contribution in [0.3, 0.4) is 0 Å². The second-order valence-corrected chi connectivity index (χ2v) is 6.25. The van der Waals surface area contributed by atoms with Crippen LogP contribution in [0.5, 0.6) is 0 Å². The highest BCUT2D eigenvalue weighted by molar-refractivity contribution is 5.92. The normalized spacial score (nSPS) is 11.4. The molecule has 2 heterocycles. The monoisotopic (exact) mass is 348 g/mol. The minimum Gasteiger partial charge on any atom is -0.338 e. The molecule has 0 saturated heterocycles. The van der Waals surface area contributed by atoms with Crippen molar-refractivity contribution >= 4 is 34.3 Å². The highest BCUT2D eigenvalue weighted by atomic mass is 35.5. The predicted octanol–water partition coefficient (Wildman–Crippen LogP) is 2.96. The molecule has 0 aliphatic heterocycles. The molecule has 0 N–H and O–H groups in total. The van der Waals surface area contributed by atoms with Crippen LogP contribution in [0.15, 0.2) is 29.2 Å². The van der Waals surface area contributed by atoms with E-state index < -0.39 is 0 Å². The minimum atomic E-state index is 0. The molecule has 0 spiro atoms. The summed E-state index contributed by atoms with van der Waals surface area (Å²) in [4.78, 5) is 15.1. The first-order chi connectivity index (χ1) is 11.0. The Bertz CT molecular complexity index is 913. The number of hydrogen-bond donors (Lipinski definition) is 0. The van der Waals surface area contributed by atoms with E-state index in [1.54, 1.807) is 10.9 Å². The van der Waals surface area contributed by atoms with Gasteiger partial charge in [0.2, 0.25) is 5.43 Å². The van der Waals surface area contributed by atoms with Gasteiger partial charge in [0.25, 0.3) is 0 Å². The predicted molar refractivity (Wildman–Crippen MR) is 102 cm³/mol. The molecule has 0 fully saturated rings. The lowest BCUT2D eigenvalue weighted by Crippen LogP contribution is -2.21. The number of halogens is 1. The largest absolute Gasteiger partial charge is 0.338 e. The minimum absolute atomic E-state index is 0. The van der Waals surface area contributed by atoms with E-state index >= 15 is 0 Å². The SMILES string of the molecule is CCN(C)CCCn1c2ccc(C)cc2c(=O)c2c1cnn2C.Cl. The van der Waals surface area contributed by atoms with Crippen molar-refractivity contribution in [1.29, 1.82) is 0 Å². The molecule has 5 nitrogen and oxygen atoms in total. The zero-order chi connectivity index (χ0) is 16.6. The Balaban J connectivity index is 0.00000208. The van der Waals surface area contributed by atoms with Gasteiger partial charge in [0.15, 0.2) is 0 Å². The molecule has 0 bridgehead atoms. The fraction of sp³-hybridized carbons (Fsp3) is 0.444. The van der Waals surface area contributed by atoms with Crippen molar-refractivity contribution < 1.29 is 0 Å². The van der Waals surface area contributed by atoms with Gasteiger partial charge in [-0.3, -0.25) is 9.48 Å². The van der Waals surface area contributed by atoms with E-state index in [1.165, 1.54) is 0 Å². The Hall–Kier alpha value is -1.85. The Morgan fingerprint density at radius 2 is 2.00 bits per heavy atom. The van der Waals surface area contributed by atoms with Gasteiger partial charge in [-0.25, -0.2) is 0 Å². The van der Waals surface area contributed by atoms with E-state index in [-0.39, 0.29) is 17.8 Å². The Morgan fingerprint density at radius 3 is 2.71 bits per heavy atom. The smallest absolute Gasteiger partial charge is 0.215 e. The third kappa shape index (κ3) is 3.19. The van der Waals surface area contributed by atoms with Crippen LogP contribution < -0.4 is 5.43 Å². The first-order valence-electron chi connectivity index (χ1n) is 8.16. The zero-order valence-corrected chi connectivity index (χ0v) is 15.6. The topological polar surface area (TPSA) is 43.1 Å². The number of aromatic nitrogens is 3. The zero-order valence-electron chi connectivity index (χ0n) is 14.7. The maximum absolute atomic E-state index is 12.8. The number of pyridine rings is 1. The third-order valence-corrected chi connectivity index (χ3v) is 4.57. The van der Waals surface area contributed by atoms with Crippen molar-refractivity contribution in [2.45, 2.75) is 26.8 Å². The fourth-order valence-corrected chi connectivity index (χ4v) is 3.11. The van der Waals surface area contributed by atoms with Crippen molar-refractivity contribution in [1.82, 2.24) is 19.2 Å². The van der Waals surface area contributed by atoms with Crippen LogP contribution in [0.4, 0.5) is 0 Å².